The molecule has 3 N–H and O–H groups in total. The normalized spacial score (nSPS) is 34.1. The van der Waals surface area contributed by atoms with E-state index in [4.69, 9.17) is 4.74 Å². The monoisotopic (exact) mass is 878 g/mol. The van der Waals surface area contributed by atoms with E-state index < -0.39 is 35.7 Å². The fourth-order valence-electron chi connectivity index (χ4n) is 15.1. The van der Waals surface area contributed by atoms with Crippen molar-refractivity contribution >= 4 is 29.7 Å². The van der Waals surface area contributed by atoms with Crippen molar-refractivity contribution in [1.82, 2.24) is 16.0 Å². The van der Waals surface area contributed by atoms with Crippen LogP contribution in [0.4, 0.5) is 0 Å². The third-order valence-electron chi connectivity index (χ3n) is 18.5. The summed E-state index contributed by atoms with van der Waals surface area (Å²) in [6.45, 7) is 20.2. The standard InChI is InChI=1S/C53H73N3O8/c1-32(2)37-20-26-53(28-27-51(6)38(44(37)53)16-18-41-50(5)24-22-42(64-8)49(3,4)40(50)21-25-52(41,51)7)48(63)54-29-23-33-10-9-11-36(30-33)45(59)55-31-34-12-14-35(15-13-34)46(60)56-39(47(61)62)17-19-43(57)58/h9-15,30,37-42,44H,1,16-29,31H2,2-8H3,(H,54,63)(H,55,59)(H,56,60)(H,57,58)(H,61,62)/p-2. The van der Waals surface area contributed by atoms with Crippen LogP contribution in [0.2, 0.25) is 0 Å². The molecule has 0 bridgehead atoms. The van der Waals surface area contributed by atoms with Crippen LogP contribution in [0.1, 0.15) is 150 Å². The van der Waals surface area contributed by atoms with Gasteiger partial charge in [0.05, 0.1) is 23.5 Å². The number of benzene rings is 2. The number of hydrogen-bond acceptors (Lipinski definition) is 8. The number of allylic oxidation sites excluding steroid dienone is 1. The molecule has 0 aromatic heterocycles. The zero-order valence-electron chi connectivity index (χ0n) is 39.2. The molecule has 0 saturated heterocycles. The van der Waals surface area contributed by atoms with Gasteiger partial charge in [0.1, 0.15) is 0 Å². The van der Waals surface area contributed by atoms with Gasteiger partial charge >= 0.3 is 0 Å². The Morgan fingerprint density at radius 1 is 0.781 bits per heavy atom. The van der Waals surface area contributed by atoms with Crippen LogP contribution >= 0.6 is 0 Å². The minimum Gasteiger partial charge on any atom is -0.550 e. The average molecular weight is 878 g/mol. The molecule has 0 heterocycles. The van der Waals surface area contributed by atoms with Crippen LogP contribution < -0.4 is 26.2 Å². The van der Waals surface area contributed by atoms with Crippen molar-refractivity contribution in [3.63, 3.8) is 0 Å². The molecule has 5 saturated carbocycles. The number of carboxylic acids is 2. The maximum Gasteiger partial charge on any atom is 0.251 e. The van der Waals surface area contributed by atoms with E-state index in [0.717, 1.165) is 43.2 Å². The Bertz CT molecular complexity index is 2130. The summed E-state index contributed by atoms with van der Waals surface area (Å²) in [6, 6.07) is 12.3. The van der Waals surface area contributed by atoms with E-state index in [9.17, 15) is 34.2 Å². The van der Waals surface area contributed by atoms with E-state index in [1.807, 2.05) is 25.3 Å². The van der Waals surface area contributed by atoms with Crippen LogP contribution in [0.5, 0.6) is 0 Å². The molecule has 11 atom stereocenters. The first-order valence-corrected chi connectivity index (χ1v) is 23.9. The molecule has 5 fully saturated rings. The van der Waals surface area contributed by atoms with Gasteiger partial charge in [-0.05, 0) is 177 Å². The highest BCUT2D eigenvalue weighted by Crippen LogP contribution is 2.77. The second-order valence-corrected chi connectivity index (χ2v) is 21.8. The lowest BCUT2D eigenvalue weighted by molar-refractivity contribution is -0.309. The lowest BCUT2D eigenvalue weighted by atomic mass is 9.32. The first-order valence-electron chi connectivity index (χ1n) is 23.9. The zero-order valence-corrected chi connectivity index (χ0v) is 39.2. The third-order valence-corrected chi connectivity index (χ3v) is 18.5. The number of methoxy groups -OCH3 is 1. The van der Waals surface area contributed by atoms with Crippen LogP contribution in [-0.2, 0) is 32.1 Å². The van der Waals surface area contributed by atoms with Gasteiger partial charge in [0, 0.05) is 37.3 Å². The fraction of sp³-hybridized carbons (Fsp3) is 0.642. The zero-order chi connectivity index (χ0) is 46.4. The molecule has 11 nitrogen and oxygen atoms in total. The third kappa shape index (κ3) is 8.32. The summed E-state index contributed by atoms with van der Waals surface area (Å²) in [5, 5.41) is 30.7. The predicted molar refractivity (Wildman–Crippen MR) is 241 cm³/mol. The number of nitrogens with one attached hydrogen (secondary N) is 3. The van der Waals surface area contributed by atoms with Gasteiger partial charge in [-0.1, -0.05) is 71.0 Å². The van der Waals surface area contributed by atoms with E-state index >= 15 is 0 Å². The number of carboxylic acid groups (broad SMARTS) is 2. The molecule has 2 aromatic rings. The molecule has 64 heavy (non-hydrogen) atoms. The van der Waals surface area contributed by atoms with Crippen molar-refractivity contribution in [1.29, 1.82) is 0 Å². The van der Waals surface area contributed by atoms with Crippen molar-refractivity contribution in [3.05, 3.63) is 82.9 Å². The molecule has 2 aromatic carbocycles. The van der Waals surface area contributed by atoms with Gasteiger partial charge in [0.25, 0.3) is 11.8 Å². The maximum absolute atomic E-state index is 14.8. The first kappa shape index (κ1) is 47.5. The topological polar surface area (TPSA) is 177 Å². The molecule has 348 valence electrons. The number of carbonyl (C=O) groups is 5. The molecule has 11 heteroatoms. The van der Waals surface area contributed by atoms with Crippen LogP contribution in [0, 0.1) is 56.7 Å². The fourth-order valence-corrected chi connectivity index (χ4v) is 15.1. The Hall–Kier alpha value is -4.51. The molecule has 3 amide bonds. The minimum absolute atomic E-state index is 0.147. The summed E-state index contributed by atoms with van der Waals surface area (Å²) in [5.74, 6) is -1.38. The summed E-state index contributed by atoms with van der Waals surface area (Å²) >= 11 is 0. The van der Waals surface area contributed by atoms with Crippen LogP contribution in [0.25, 0.3) is 0 Å². The lowest BCUT2D eigenvalue weighted by Gasteiger charge is -2.73. The number of rotatable bonds is 15. The van der Waals surface area contributed by atoms with Crippen molar-refractivity contribution in [2.24, 2.45) is 56.7 Å². The lowest BCUT2D eigenvalue weighted by Crippen LogP contribution is -2.67. The van der Waals surface area contributed by atoms with Gasteiger partial charge in [0.15, 0.2) is 0 Å². The summed E-state index contributed by atoms with van der Waals surface area (Å²) in [7, 11) is 1.90. The van der Waals surface area contributed by atoms with E-state index in [1.165, 1.54) is 49.8 Å². The summed E-state index contributed by atoms with van der Waals surface area (Å²) in [4.78, 5) is 62.7. The highest BCUT2D eigenvalue weighted by molar-refractivity contribution is 5.96. The quantitative estimate of drug-likeness (QED) is 0.174. The van der Waals surface area contributed by atoms with Crippen LogP contribution in [0.15, 0.2) is 60.7 Å². The molecule has 0 aliphatic heterocycles. The van der Waals surface area contributed by atoms with Gasteiger partial charge in [0.2, 0.25) is 5.91 Å². The number of ether oxygens (including phenoxy) is 1. The number of carbonyl (C=O) groups excluding carboxylic acids is 5. The highest BCUT2D eigenvalue weighted by atomic mass is 16.5. The number of aliphatic carboxylic acids is 2. The Kier molecular flexibility index (Phi) is 13.4. The second kappa shape index (κ2) is 18.0. The van der Waals surface area contributed by atoms with E-state index in [0.29, 0.717) is 48.3 Å². The van der Waals surface area contributed by atoms with Crippen molar-refractivity contribution in [2.45, 2.75) is 144 Å². The van der Waals surface area contributed by atoms with Gasteiger partial charge in [-0.25, -0.2) is 0 Å². The van der Waals surface area contributed by atoms with Crippen molar-refractivity contribution < 1.29 is 38.9 Å². The van der Waals surface area contributed by atoms with Gasteiger partial charge in [-0.2, -0.15) is 0 Å². The van der Waals surface area contributed by atoms with E-state index in [1.54, 1.807) is 18.2 Å². The minimum atomic E-state index is -1.59. The summed E-state index contributed by atoms with van der Waals surface area (Å²) in [6.07, 6.45) is 11.2. The predicted octanol–water partition coefficient (Wildman–Crippen LogP) is 6.33. The largest absolute Gasteiger partial charge is 0.550 e. The molecule has 11 unspecified atom stereocenters. The number of amides is 3. The summed E-state index contributed by atoms with van der Waals surface area (Å²) < 4.78 is 6.11. The van der Waals surface area contributed by atoms with Crippen LogP contribution in [0.3, 0.4) is 0 Å². The number of fused-ring (bicyclic) bond motifs is 7. The Morgan fingerprint density at radius 2 is 1.52 bits per heavy atom. The van der Waals surface area contributed by atoms with Gasteiger partial charge in [-0.3, -0.25) is 14.4 Å². The van der Waals surface area contributed by atoms with Gasteiger partial charge in [-0.15, -0.1) is 0 Å². The smallest absolute Gasteiger partial charge is 0.251 e. The molecular formula is C53H71N3O8-2. The molecule has 0 spiro atoms. The Morgan fingerprint density at radius 3 is 2.19 bits per heavy atom. The van der Waals surface area contributed by atoms with E-state index in [-0.39, 0.29) is 57.9 Å². The molecule has 5 aliphatic carbocycles. The molecule has 7 rings (SSSR count). The first-order chi connectivity index (χ1) is 30.2. The number of hydrogen-bond donors (Lipinski definition) is 3. The average Bonchev–Trinajstić information content (AvgIpc) is 3.66. The molecule has 5 aliphatic rings. The molecular weight excluding hydrogens is 807 g/mol. The Balaban J connectivity index is 0.970. The maximum atomic E-state index is 14.8. The molecule has 0 radical (unpaired) electrons. The SMILES string of the molecule is C=C(C)C1CCC2(C(=O)NCCc3cccc(C(=O)NCc4ccc(C(=O)NC(CCC(=O)[O-])C(=O)[O-])cc4)c3)CCC3(C)C(CCC4C5(C)CCC(OC)C(C)(C)C5CCC43C)C12. The van der Waals surface area contributed by atoms with Crippen molar-refractivity contribution in [2.75, 3.05) is 13.7 Å². The Labute approximate surface area is 380 Å². The van der Waals surface area contributed by atoms with E-state index in [2.05, 4.69) is 64.1 Å². The van der Waals surface area contributed by atoms with Gasteiger partial charge < -0.3 is 40.5 Å². The van der Waals surface area contributed by atoms with Crippen LogP contribution in [-0.4, -0.2) is 55.5 Å². The van der Waals surface area contributed by atoms with Crippen molar-refractivity contribution in [3.8, 4) is 0 Å². The highest BCUT2D eigenvalue weighted by Gasteiger charge is 2.72. The second-order valence-electron chi connectivity index (χ2n) is 21.8. The summed E-state index contributed by atoms with van der Waals surface area (Å²) in [5.41, 5.74) is 3.94.